The molecule has 0 spiro atoms. The highest BCUT2D eigenvalue weighted by Crippen LogP contribution is 2.35. The number of hydrogen-bond acceptors (Lipinski definition) is 5. The number of methoxy groups -OCH3 is 2. The third-order valence-electron chi connectivity index (χ3n) is 5.57. The molecule has 5 nitrogen and oxygen atoms in total. The van der Waals surface area contributed by atoms with Gasteiger partial charge in [0.1, 0.15) is 0 Å². The van der Waals surface area contributed by atoms with Crippen LogP contribution in [0.3, 0.4) is 0 Å². The first-order valence-corrected chi connectivity index (χ1v) is 11.4. The number of ether oxygens (including phenoxy) is 2. The van der Waals surface area contributed by atoms with E-state index in [4.69, 9.17) is 9.47 Å². The van der Waals surface area contributed by atoms with Gasteiger partial charge in [0, 0.05) is 11.3 Å². The third-order valence-corrected chi connectivity index (χ3v) is 6.57. The SMILES string of the molecule is COc1ccc(-c2nnc(SCc3ccc(C)c(C)c3)n2-c2ccccc2C)cc1OC. The Morgan fingerprint density at radius 2 is 1.56 bits per heavy atom. The van der Waals surface area contributed by atoms with Crippen molar-refractivity contribution in [1.29, 1.82) is 0 Å². The van der Waals surface area contributed by atoms with Gasteiger partial charge in [-0.15, -0.1) is 10.2 Å². The molecule has 0 N–H and O–H groups in total. The fourth-order valence-corrected chi connectivity index (χ4v) is 4.49. The van der Waals surface area contributed by atoms with E-state index in [2.05, 4.69) is 65.9 Å². The van der Waals surface area contributed by atoms with Gasteiger partial charge in [0.25, 0.3) is 0 Å². The van der Waals surface area contributed by atoms with Gasteiger partial charge in [-0.05, 0) is 67.3 Å². The maximum absolute atomic E-state index is 5.51. The fraction of sp³-hybridized carbons (Fsp3) is 0.231. The van der Waals surface area contributed by atoms with E-state index in [0.717, 1.165) is 33.5 Å². The van der Waals surface area contributed by atoms with E-state index >= 15 is 0 Å². The van der Waals surface area contributed by atoms with Gasteiger partial charge in [-0.3, -0.25) is 4.57 Å². The van der Waals surface area contributed by atoms with Crippen molar-refractivity contribution in [2.75, 3.05) is 14.2 Å². The van der Waals surface area contributed by atoms with Crippen molar-refractivity contribution in [3.8, 4) is 28.6 Å². The topological polar surface area (TPSA) is 49.2 Å². The largest absolute Gasteiger partial charge is 0.493 e. The number of rotatable bonds is 7. The van der Waals surface area contributed by atoms with E-state index in [0.29, 0.717) is 11.5 Å². The third kappa shape index (κ3) is 4.36. The van der Waals surface area contributed by atoms with Crippen LogP contribution in [-0.4, -0.2) is 29.0 Å². The Balaban J connectivity index is 1.77. The van der Waals surface area contributed by atoms with Crippen LogP contribution in [0.1, 0.15) is 22.3 Å². The molecule has 3 aromatic carbocycles. The van der Waals surface area contributed by atoms with Crippen molar-refractivity contribution >= 4 is 11.8 Å². The lowest BCUT2D eigenvalue weighted by Crippen LogP contribution is -2.02. The zero-order chi connectivity index (χ0) is 22.7. The number of aromatic nitrogens is 3. The lowest BCUT2D eigenvalue weighted by atomic mass is 10.1. The molecular weight excluding hydrogens is 418 g/mol. The summed E-state index contributed by atoms with van der Waals surface area (Å²) in [5.74, 6) is 2.93. The average molecular weight is 446 g/mol. The smallest absolute Gasteiger partial charge is 0.196 e. The maximum Gasteiger partial charge on any atom is 0.196 e. The fourth-order valence-electron chi connectivity index (χ4n) is 3.60. The molecular formula is C26H27N3O2S. The summed E-state index contributed by atoms with van der Waals surface area (Å²) in [5, 5.41) is 9.99. The molecule has 0 unspecified atom stereocenters. The van der Waals surface area contributed by atoms with Gasteiger partial charge in [0.05, 0.1) is 19.9 Å². The minimum atomic E-state index is 0.661. The average Bonchev–Trinajstić information content (AvgIpc) is 3.23. The summed E-state index contributed by atoms with van der Waals surface area (Å²) >= 11 is 1.68. The van der Waals surface area contributed by atoms with E-state index in [9.17, 15) is 0 Å². The second-order valence-corrected chi connectivity index (χ2v) is 8.65. The Kier molecular flexibility index (Phi) is 6.51. The monoisotopic (exact) mass is 445 g/mol. The summed E-state index contributed by atoms with van der Waals surface area (Å²) in [6.07, 6.45) is 0. The molecule has 0 saturated heterocycles. The molecule has 6 heteroatoms. The van der Waals surface area contributed by atoms with Crippen LogP contribution in [0.15, 0.2) is 65.8 Å². The lowest BCUT2D eigenvalue weighted by Gasteiger charge is -2.14. The molecule has 0 atom stereocenters. The molecule has 0 amide bonds. The lowest BCUT2D eigenvalue weighted by molar-refractivity contribution is 0.355. The van der Waals surface area contributed by atoms with E-state index < -0.39 is 0 Å². The van der Waals surface area contributed by atoms with Gasteiger partial charge in [-0.1, -0.05) is 48.2 Å². The van der Waals surface area contributed by atoms with Crippen molar-refractivity contribution < 1.29 is 9.47 Å². The molecule has 0 aliphatic carbocycles. The second kappa shape index (κ2) is 9.49. The standard InChI is InChI=1S/C26H27N3O2S/c1-17-10-11-20(14-19(17)3)16-32-26-28-27-25(29(26)22-9-7-6-8-18(22)2)21-12-13-23(30-4)24(15-21)31-5/h6-15H,16H2,1-5H3. The molecule has 0 radical (unpaired) electrons. The molecule has 0 aliphatic heterocycles. The molecule has 0 bridgehead atoms. The van der Waals surface area contributed by atoms with E-state index in [1.165, 1.54) is 16.7 Å². The first kappa shape index (κ1) is 22.0. The predicted octanol–water partition coefficient (Wildman–Crippen LogP) is 6.17. The molecule has 4 rings (SSSR count). The Labute approximate surface area is 193 Å². The molecule has 1 heterocycles. The molecule has 0 saturated carbocycles. The predicted molar refractivity (Wildman–Crippen MR) is 130 cm³/mol. The van der Waals surface area contributed by atoms with Crippen molar-refractivity contribution in [3.63, 3.8) is 0 Å². The Morgan fingerprint density at radius 1 is 0.781 bits per heavy atom. The number of benzene rings is 3. The van der Waals surface area contributed by atoms with Crippen LogP contribution in [0.4, 0.5) is 0 Å². The van der Waals surface area contributed by atoms with Crippen LogP contribution in [-0.2, 0) is 5.75 Å². The van der Waals surface area contributed by atoms with Gasteiger partial charge < -0.3 is 9.47 Å². The number of thioether (sulfide) groups is 1. The highest BCUT2D eigenvalue weighted by molar-refractivity contribution is 7.98. The molecule has 32 heavy (non-hydrogen) atoms. The van der Waals surface area contributed by atoms with Gasteiger partial charge >= 0.3 is 0 Å². The van der Waals surface area contributed by atoms with Gasteiger partial charge in [0.15, 0.2) is 22.5 Å². The number of aryl methyl sites for hydroxylation is 3. The van der Waals surface area contributed by atoms with Crippen LogP contribution in [0.2, 0.25) is 0 Å². The van der Waals surface area contributed by atoms with Crippen LogP contribution >= 0.6 is 11.8 Å². The van der Waals surface area contributed by atoms with Crippen molar-refractivity contribution in [3.05, 3.63) is 82.9 Å². The first-order valence-electron chi connectivity index (χ1n) is 10.4. The molecule has 0 aliphatic rings. The van der Waals surface area contributed by atoms with Gasteiger partial charge in [0.2, 0.25) is 0 Å². The second-order valence-electron chi connectivity index (χ2n) is 7.71. The van der Waals surface area contributed by atoms with Gasteiger partial charge in [-0.25, -0.2) is 0 Å². The van der Waals surface area contributed by atoms with Crippen LogP contribution in [0, 0.1) is 20.8 Å². The van der Waals surface area contributed by atoms with Crippen LogP contribution < -0.4 is 9.47 Å². The quantitative estimate of drug-likeness (QED) is 0.318. The summed E-state index contributed by atoms with van der Waals surface area (Å²) in [6.45, 7) is 6.39. The van der Waals surface area contributed by atoms with Gasteiger partial charge in [-0.2, -0.15) is 0 Å². The summed E-state index contributed by atoms with van der Waals surface area (Å²) < 4.78 is 13.0. The van der Waals surface area contributed by atoms with E-state index in [1.807, 2.05) is 30.3 Å². The molecule has 164 valence electrons. The summed E-state index contributed by atoms with van der Waals surface area (Å²) in [5.41, 5.74) is 7.00. The zero-order valence-corrected chi connectivity index (χ0v) is 19.9. The van der Waals surface area contributed by atoms with Crippen LogP contribution in [0.5, 0.6) is 11.5 Å². The normalized spacial score (nSPS) is 10.9. The number of hydrogen-bond donors (Lipinski definition) is 0. The minimum Gasteiger partial charge on any atom is -0.493 e. The molecule has 0 fully saturated rings. The van der Waals surface area contributed by atoms with Crippen molar-refractivity contribution in [1.82, 2.24) is 14.8 Å². The van der Waals surface area contributed by atoms with E-state index in [-0.39, 0.29) is 0 Å². The van der Waals surface area contributed by atoms with Crippen LogP contribution in [0.25, 0.3) is 17.1 Å². The zero-order valence-electron chi connectivity index (χ0n) is 19.0. The first-order chi connectivity index (χ1) is 15.5. The number of nitrogens with zero attached hydrogens (tertiary/aromatic N) is 3. The molecule has 4 aromatic rings. The summed E-state index contributed by atoms with van der Waals surface area (Å²) in [7, 11) is 3.27. The molecule has 1 aromatic heterocycles. The van der Waals surface area contributed by atoms with Crippen molar-refractivity contribution in [2.45, 2.75) is 31.7 Å². The highest BCUT2D eigenvalue weighted by Gasteiger charge is 2.19. The highest BCUT2D eigenvalue weighted by atomic mass is 32.2. The Hall–Kier alpha value is -3.25. The van der Waals surface area contributed by atoms with Crippen molar-refractivity contribution in [2.24, 2.45) is 0 Å². The summed E-state index contributed by atoms with van der Waals surface area (Å²) in [4.78, 5) is 0. The van der Waals surface area contributed by atoms with E-state index in [1.54, 1.807) is 26.0 Å². The number of para-hydroxylation sites is 1. The maximum atomic E-state index is 5.51. The Bertz CT molecular complexity index is 1250. The Morgan fingerprint density at radius 3 is 2.28 bits per heavy atom. The summed E-state index contributed by atoms with van der Waals surface area (Å²) in [6, 6.07) is 20.7. The minimum absolute atomic E-state index is 0.661.